The van der Waals surface area contributed by atoms with Gasteiger partial charge in [0.2, 0.25) is 5.82 Å². The molecule has 10 heteroatoms. The number of anilines is 1. The zero-order chi connectivity index (χ0) is 23.7. The maximum absolute atomic E-state index is 12.7. The molecule has 0 aliphatic heterocycles. The Morgan fingerprint density at radius 3 is 2.86 bits per heavy atom. The number of aromatic amines is 1. The second kappa shape index (κ2) is 7.63. The molecule has 3 aromatic rings. The van der Waals surface area contributed by atoms with Gasteiger partial charge >= 0.3 is 11.8 Å². The Bertz CT molecular complexity index is 1340. The topological polar surface area (TPSA) is 149 Å². The molecule has 182 valence electrons. The lowest BCUT2D eigenvalue weighted by Gasteiger charge is -2.59. The van der Waals surface area contributed by atoms with Gasteiger partial charge in [-0.05, 0) is 68.4 Å². The molecule has 4 atom stereocenters. The van der Waals surface area contributed by atoms with Gasteiger partial charge in [0, 0.05) is 29.9 Å². The van der Waals surface area contributed by atoms with E-state index in [9.17, 15) is 15.0 Å². The van der Waals surface area contributed by atoms with Crippen LogP contribution in [0.5, 0.6) is 0 Å². The summed E-state index contributed by atoms with van der Waals surface area (Å²) in [4.78, 5) is 24.8. The lowest BCUT2D eigenvalue weighted by Crippen LogP contribution is -2.59. The van der Waals surface area contributed by atoms with E-state index in [1.54, 1.807) is 6.20 Å². The van der Waals surface area contributed by atoms with Gasteiger partial charge in [-0.2, -0.15) is 4.98 Å². The third kappa shape index (κ3) is 3.38. The van der Waals surface area contributed by atoms with E-state index in [0.29, 0.717) is 36.1 Å². The van der Waals surface area contributed by atoms with Crippen LogP contribution in [0.25, 0.3) is 22.4 Å². The number of aliphatic hydroxyl groups is 2. The van der Waals surface area contributed by atoms with Crippen molar-refractivity contribution in [2.45, 2.75) is 68.7 Å². The van der Waals surface area contributed by atoms with E-state index in [-0.39, 0.29) is 24.1 Å². The first kappa shape index (κ1) is 21.1. The third-order valence-corrected chi connectivity index (χ3v) is 8.41. The van der Waals surface area contributed by atoms with E-state index >= 15 is 0 Å². The van der Waals surface area contributed by atoms with Crippen LogP contribution in [0.15, 0.2) is 34.6 Å². The predicted molar refractivity (Wildman–Crippen MR) is 126 cm³/mol. The molecular weight excluding hydrogens is 448 g/mol. The van der Waals surface area contributed by atoms with Crippen LogP contribution in [-0.4, -0.2) is 60.0 Å². The van der Waals surface area contributed by atoms with E-state index in [0.717, 1.165) is 48.8 Å². The monoisotopic (exact) mass is 476 g/mol. The number of nitrogens with zero attached hydrogens (tertiary/aromatic N) is 3. The van der Waals surface area contributed by atoms with E-state index < -0.39 is 11.5 Å². The Balaban J connectivity index is 1.17. The van der Waals surface area contributed by atoms with Gasteiger partial charge in [0.1, 0.15) is 5.65 Å². The highest BCUT2D eigenvalue weighted by Crippen LogP contribution is 2.60. The Hall–Kier alpha value is -3.24. The van der Waals surface area contributed by atoms with Crippen molar-refractivity contribution >= 4 is 22.6 Å². The van der Waals surface area contributed by atoms with Gasteiger partial charge in [-0.3, -0.25) is 4.79 Å². The third-order valence-electron chi connectivity index (χ3n) is 8.41. The van der Waals surface area contributed by atoms with Crippen molar-refractivity contribution in [2.75, 3.05) is 5.32 Å². The molecule has 10 nitrogen and oxygen atoms in total. The molecule has 0 radical (unpaired) electrons. The quantitative estimate of drug-likeness (QED) is 0.353. The zero-order valence-electron chi connectivity index (χ0n) is 19.2. The molecule has 35 heavy (non-hydrogen) atoms. The molecule has 4 bridgehead atoms. The average molecular weight is 477 g/mol. The molecule has 5 N–H and O–H groups in total. The maximum Gasteiger partial charge on any atom is 0.316 e. The van der Waals surface area contributed by atoms with Gasteiger partial charge < -0.3 is 30.4 Å². The molecule has 9 rings (SSSR count). The highest BCUT2D eigenvalue weighted by atomic mass is 16.5. The number of fused-ring (bicyclic) bond motifs is 2. The largest absolute Gasteiger partial charge is 0.393 e. The number of H-pyrrole nitrogens is 1. The Morgan fingerprint density at radius 2 is 2.09 bits per heavy atom. The molecule has 6 aliphatic rings. The summed E-state index contributed by atoms with van der Waals surface area (Å²) in [5.41, 5.74) is 2.81. The van der Waals surface area contributed by atoms with Crippen molar-refractivity contribution in [3.63, 3.8) is 0 Å². The maximum atomic E-state index is 12.7. The number of hydrogen-bond acceptors (Lipinski definition) is 8. The normalized spacial score (nSPS) is 33.3. The first-order valence-electron chi connectivity index (χ1n) is 12.5. The Labute approximate surface area is 201 Å². The summed E-state index contributed by atoms with van der Waals surface area (Å²) in [7, 11) is 0. The fourth-order valence-electron chi connectivity index (χ4n) is 6.62. The summed E-state index contributed by atoms with van der Waals surface area (Å²) < 4.78 is 5.33. The van der Waals surface area contributed by atoms with E-state index in [4.69, 9.17) is 4.52 Å². The van der Waals surface area contributed by atoms with Crippen molar-refractivity contribution in [3.8, 4) is 11.4 Å². The number of nitrogens with one attached hydrogen (secondary N) is 3. The fourth-order valence-corrected chi connectivity index (χ4v) is 6.62. The van der Waals surface area contributed by atoms with Crippen molar-refractivity contribution in [1.29, 1.82) is 0 Å². The minimum absolute atomic E-state index is 0.00728. The van der Waals surface area contributed by atoms with Gasteiger partial charge in [0.15, 0.2) is 0 Å². The second-order valence-electron chi connectivity index (χ2n) is 10.6. The Kier molecular flexibility index (Phi) is 4.59. The molecule has 4 saturated carbocycles. The van der Waals surface area contributed by atoms with Crippen LogP contribution in [0, 0.1) is 11.8 Å². The lowest BCUT2D eigenvalue weighted by atomic mass is 9.50. The standard InChI is InChI=1S/C25H28N6O4/c32-15-3-1-14(2-4-15)28-23(33)24-30-22(31-35-24)17-11-27-21-16(5-6-26-21)20(17)29-19-8-18-12-7-13(19)10-25(18,34)9-12/h5-6,8,11-15,19,32,34H,1-4,7,9-10H2,(H,28,33)(H2,26,27,29)/t12?,13-,14?,15?,19-,25-/m1/s1. The molecule has 0 spiro atoms. The summed E-state index contributed by atoms with van der Waals surface area (Å²) in [5.74, 6) is 0.672. The first-order valence-corrected chi connectivity index (χ1v) is 12.5. The number of amides is 1. The van der Waals surface area contributed by atoms with Crippen molar-refractivity contribution in [2.24, 2.45) is 11.8 Å². The molecule has 0 saturated heterocycles. The molecule has 4 fully saturated rings. The van der Waals surface area contributed by atoms with Gasteiger partial charge in [0.05, 0.1) is 23.0 Å². The number of hydrogen-bond donors (Lipinski definition) is 5. The molecule has 3 heterocycles. The Morgan fingerprint density at radius 1 is 1.23 bits per heavy atom. The second-order valence-corrected chi connectivity index (χ2v) is 10.6. The van der Waals surface area contributed by atoms with Crippen molar-refractivity contribution in [1.82, 2.24) is 25.4 Å². The number of aromatic nitrogens is 4. The van der Waals surface area contributed by atoms with Crippen LogP contribution in [0.2, 0.25) is 0 Å². The van der Waals surface area contributed by atoms with Gasteiger partial charge in [-0.15, -0.1) is 0 Å². The van der Waals surface area contributed by atoms with Crippen LogP contribution in [0.3, 0.4) is 0 Å². The molecule has 6 aliphatic carbocycles. The fraction of sp³-hybridized carbons (Fsp3) is 0.520. The number of carbonyl (C=O) groups excluding carboxylic acids is 1. The summed E-state index contributed by atoms with van der Waals surface area (Å²) in [5, 5.41) is 32.1. The van der Waals surface area contributed by atoms with Crippen LogP contribution in [-0.2, 0) is 0 Å². The van der Waals surface area contributed by atoms with Gasteiger partial charge in [-0.25, -0.2) is 4.98 Å². The average Bonchev–Trinajstić information content (AvgIpc) is 3.52. The SMILES string of the molecule is O=C(NC1CCC(O)CC1)c1nc(-c2cnc3[nH]ccc3c2N[C@@H]2C=C3C4C[C@@H]2C[C@]3(O)C4)no1. The van der Waals surface area contributed by atoms with Gasteiger partial charge in [-0.1, -0.05) is 11.2 Å². The summed E-state index contributed by atoms with van der Waals surface area (Å²) in [6.45, 7) is 0. The molecule has 1 amide bonds. The van der Waals surface area contributed by atoms with E-state index in [1.165, 1.54) is 5.57 Å². The minimum atomic E-state index is -0.595. The van der Waals surface area contributed by atoms with Crippen molar-refractivity contribution in [3.05, 3.63) is 36.0 Å². The molecule has 0 aromatic carbocycles. The predicted octanol–water partition coefficient (Wildman–Crippen LogP) is 2.53. The smallest absolute Gasteiger partial charge is 0.316 e. The zero-order valence-corrected chi connectivity index (χ0v) is 19.2. The van der Waals surface area contributed by atoms with E-state index in [1.807, 2.05) is 12.3 Å². The highest BCUT2D eigenvalue weighted by Gasteiger charge is 2.58. The first-order chi connectivity index (χ1) is 17.0. The molecule has 1 unspecified atom stereocenters. The number of aliphatic hydroxyl groups excluding tert-OH is 1. The van der Waals surface area contributed by atoms with Crippen molar-refractivity contribution < 1.29 is 19.5 Å². The highest BCUT2D eigenvalue weighted by molar-refractivity contribution is 5.98. The van der Waals surface area contributed by atoms with Gasteiger partial charge in [0.25, 0.3) is 0 Å². The van der Waals surface area contributed by atoms with Crippen LogP contribution in [0.1, 0.15) is 55.6 Å². The summed E-state index contributed by atoms with van der Waals surface area (Å²) in [6.07, 6.45) is 11.0. The lowest BCUT2D eigenvalue weighted by molar-refractivity contribution is -0.0776. The van der Waals surface area contributed by atoms with Crippen LogP contribution >= 0.6 is 0 Å². The number of carbonyl (C=O) groups is 1. The van der Waals surface area contributed by atoms with E-state index in [2.05, 4.69) is 36.8 Å². The number of pyridine rings is 1. The molecule has 3 aromatic heterocycles. The van der Waals surface area contributed by atoms with Crippen LogP contribution < -0.4 is 10.6 Å². The summed E-state index contributed by atoms with van der Waals surface area (Å²) >= 11 is 0. The molecular formula is C25H28N6O4. The van der Waals surface area contributed by atoms with Crippen LogP contribution in [0.4, 0.5) is 5.69 Å². The minimum Gasteiger partial charge on any atom is -0.393 e. The summed E-state index contributed by atoms with van der Waals surface area (Å²) in [6, 6.07) is 2.04. The number of rotatable bonds is 5.